The fourth-order valence-corrected chi connectivity index (χ4v) is 1.62. The summed E-state index contributed by atoms with van der Waals surface area (Å²) in [7, 11) is 0. The van der Waals surface area contributed by atoms with E-state index in [0.29, 0.717) is 6.04 Å². The number of rotatable bonds is 4. The van der Waals surface area contributed by atoms with Crippen LogP contribution in [0.4, 0.5) is 0 Å². The van der Waals surface area contributed by atoms with E-state index in [1.807, 2.05) is 0 Å². The Kier molecular flexibility index (Phi) is 4.15. The minimum Gasteiger partial charge on any atom is -0.314 e. The predicted octanol–water partition coefficient (Wildman–Crippen LogP) is 2.84. The molecule has 0 aromatic heterocycles. The Labute approximate surface area is 87.5 Å². The summed E-state index contributed by atoms with van der Waals surface area (Å²) in [5.74, 6) is 0. The molecule has 0 saturated heterocycles. The minimum absolute atomic E-state index is 0.584. The molecule has 0 fully saturated rings. The first kappa shape index (κ1) is 11.3. The maximum atomic E-state index is 3.44. The lowest BCUT2D eigenvalue weighted by Gasteiger charge is -2.10. The molecule has 0 radical (unpaired) electrons. The van der Waals surface area contributed by atoms with Gasteiger partial charge in [-0.15, -0.1) is 0 Å². The minimum atomic E-state index is 0.584. The molecule has 0 spiro atoms. The molecule has 0 unspecified atom stereocenters. The Morgan fingerprint density at radius 1 is 1.21 bits per heavy atom. The Hall–Kier alpha value is -0.820. The molecule has 14 heavy (non-hydrogen) atoms. The van der Waals surface area contributed by atoms with Crippen LogP contribution in [0.3, 0.4) is 0 Å². The summed E-state index contributed by atoms with van der Waals surface area (Å²) in [5.41, 5.74) is 4.22. The van der Waals surface area contributed by atoms with Crippen LogP contribution in [0.2, 0.25) is 0 Å². The molecule has 0 bridgehead atoms. The van der Waals surface area contributed by atoms with Crippen LogP contribution in [-0.4, -0.2) is 12.6 Å². The first-order valence-corrected chi connectivity index (χ1v) is 5.39. The van der Waals surface area contributed by atoms with Gasteiger partial charge >= 0.3 is 0 Å². The molecule has 1 aromatic carbocycles. The number of hydrogen-bond acceptors (Lipinski definition) is 1. The molecule has 1 nitrogen and oxygen atoms in total. The first-order valence-electron chi connectivity index (χ1n) is 5.39. The summed E-state index contributed by atoms with van der Waals surface area (Å²) < 4.78 is 0. The van der Waals surface area contributed by atoms with Crippen LogP contribution in [0.15, 0.2) is 18.2 Å². The topological polar surface area (TPSA) is 12.0 Å². The second-order valence-electron chi connectivity index (χ2n) is 4.29. The quantitative estimate of drug-likeness (QED) is 0.771. The van der Waals surface area contributed by atoms with Crippen LogP contribution in [0.1, 0.15) is 30.5 Å². The zero-order chi connectivity index (χ0) is 10.6. The first-order chi connectivity index (χ1) is 6.59. The monoisotopic (exact) mass is 191 g/mol. The van der Waals surface area contributed by atoms with E-state index in [-0.39, 0.29) is 0 Å². The normalized spacial score (nSPS) is 10.9. The second-order valence-corrected chi connectivity index (χ2v) is 4.29. The molecule has 1 rings (SSSR count). The summed E-state index contributed by atoms with van der Waals surface area (Å²) in [4.78, 5) is 0. The zero-order valence-electron chi connectivity index (χ0n) is 9.72. The molecule has 0 atom stereocenters. The Bertz CT molecular complexity index is 289. The Balaban J connectivity index is 2.51. The molecule has 78 valence electrons. The SMILES string of the molecule is Cc1ccc(CCNC(C)C)c(C)c1. The van der Waals surface area contributed by atoms with Gasteiger partial charge in [0.15, 0.2) is 0 Å². The van der Waals surface area contributed by atoms with Crippen LogP contribution in [-0.2, 0) is 6.42 Å². The van der Waals surface area contributed by atoms with Gasteiger partial charge < -0.3 is 5.32 Å². The maximum Gasteiger partial charge on any atom is 0.00105 e. The Morgan fingerprint density at radius 2 is 1.93 bits per heavy atom. The van der Waals surface area contributed by atoms with Crippen molar-refractivity contribution in [3.05, 3.63) is 34.9 Å². The standard InChI is InChI=1S/C13H21N/c1-10(2)14-8-7-13-6-5-11(3)9-12(13)4/h5-6,9-10,14H,7-8H2,1-4H3. The third-order valence-corrected chi connectivity index (χ3v) is 2.45. The highest BCUT2D eigenvalue weighted by molar-refractivity contribution is 5.30. The van der Waals surface area contributed by atoms with Gasteiger partial charge in [-0.2, -0.15) is 0 Å². The summed E-state index contributed by atoms with van der Waals surface area (Å²) in [6.07, 6.45) is 1.13. The van der Waals surface area contributed by atoms with Crippen molar-refractivity contribution in [1.29, 1.82) is 0 Å². The number of hydrogen-bond donors (Lipinski definition) is 1. The van der Waals surface area contributed by atoms with Crippen LogP contribution in [0.5, 0.6) is 0 Å². The Morgan fingerprint density at radius 3 is 2.50 bits per heavy atom. The fraction of sp³-hybridized carbons (Fsp3) is 0.538. The molecule has 0 saturated carbocycles. The van der Waals surface area contributed by atoms with E-state index in [0.717, 1.165) is 13.0 Å². The van der Waals surface area contributed by atoms with E-state index >= 15 is 0 Å². The van der Waals surface area contributed by atoms with Gasteiger partial charge in [-0.1, -0.05) is 37.6 Å². The molecular weight excluding hydrogens is 170 g/mol. The summed E-state index contributed by atoms with van der Waals surface area (Å²) in [5, 5.41) is 3.44. The van der Waals surface area contributed by atoms with Gasteiger partial charge in [-0.3, -0.25) is 0 Å². The lowest BCUT2D eigenvalue weighted by molar-refractivity contribution is 0.590. The molecule has 1 N–H and O–H groups in total. The van der Waals surface area contributed by atoms with Gasteiger partial charge in [0.05, 0.1) is 0 Å². The number of aryl methyl sites for hydroxylation is 2. The van der Waals surface area contributed by atoms with E-state index in [2.05, 4.69) is 51.2 Å². The molecule has 0 aliphatic carbocycles. The lowest BCUT2D eigenvalue weighted by atomic mass is 10.0. The van der Waals surface area contributed by atoms with Crippen LogP contribution < -0.4 is 5.32 Å². The van der Waals surface area contributed by atoms with Crippen molar-refractivity contribution < 1.29 is 0 Å². The highest BCUT2D eigenvalue weighted by Crippen LogP contribution is 2.10. The van der Waals surface area contributed by atoms with Crippen molar-refractivity contribution in [3.63, 3.8) is 0 Å². The van der Waals surface area contributed by atoms with Gasteiger partial charge in [-0.25, -0.2) is 0 Å². The molecule has 0 aliphatic heterocycles. The van der Waals surface area contributed by atoms with Crippen LogP contribution in [0.25, 0.3) is 0 Å². The summed E-state index contributed by atoms with van der Waals surface area (Å²) in [6, 6.07) is 7.27. The second kappa shape index (κ2) is 5.16. The van der Waals surface area contributed by atoms with E-state index in [1.165, 1.54) is 16.7 Å². The average molecular weight is 191 g/mol. The number of benzene rings is 1. The van der Waals surface area contributed by atoms with Crippen molar-refractivity contribution in [2.24, 2.45) is 0 Å². The van der Waals surface area contributed by atoms with E-state index in [4.69, 9.17) is 0 Å². The predicted molar refractivity (Wildman–Crippen MR) is 62.8 cm³/mol. The molecular formula is C13H21N. The zero-order valence-corrected chi connectivity index (χ0v) is 9.72. The van der Waals surface area contributed by atoms with Crippen molar-refractivity contribution >= 4 is 0 Å². The van der Waals surface area contributed by atoms with E-state index in [1.54, 1.807) is 0 Å². The van der Waals surface area contributed by atoms with Crippen LogP contribution in [0, 0.1) is 13.8 Å². The smallest absolute Gasteiger partial charge is 0.00105 e. The number of nitrogens with one attached hydrogen (secondary N) is 1. The fourth-order valence-electron chi connectivity index (χ4n) is 1.62. The van der Waals surface area contributed by atoms with Gasteiger partial charge in [0, 0.05) is 6.04 Å². The lowest BCUT2D eigenvalue weighted by Crippen LogP contribution is -2.25. The molecule has 0 aliphatic rings. The molecule has 1 heteroatoms. The molecule has 0 heterocycles. The highest BCUT2D eigenvalue weighted by Gasteiger charge is 1.98. The largest absolute Gasteiger partial charge is 0.314 e. The summed E-state index contributed by atoms with van der Waals surface area (Å²) in [6.45, 7) is 9.77. The van der Waals surface area contributed by atoms with Crippen molar-refractivity contribution in [1.82, 2.24) is 5.32 Å². The van der Waals surface area contributed by atoms with Gasteiger partial charge in [0.2, 0.25) is 0 Å². The van der Waals surface area contributed by atoms with Crippen molar-refractivity contribution in [3.8, 4) is 0 Å². The van der Waals surface area contributed by atoms with Crippen molar-refractivity contribution in [2.45, 2.75) is 40.2 Å². The van der Waals surface area contributed by atoms with E-state index in [9.17, 15) is 0 Å². The highest BCUT2D eigenvalue weighted by atomic mass is 14.9. The van der Waals surface area contributed by atoms with Gasteiger partial charge in [-0.05, 0) is 37.9 Å². The average Bonchev–Trinajstić information content (AvgIpc) is 2.08. The third-order valence-electron chi connectivity index (χ3n) is 2.45. The van der Waals surface area contributed by atoms with E-state index < -0.39 is 0 Å². The van der Waals surface area contributed by atoms with Gasteiger partial charge in [0.1, 0.15) is 0 Å². The third kappa shape index (κ3) is 3.51. The maximum absolute atomic E-state index is 3.44. The van der Waals surface area contributed by atoms with Gasteiger partial charge in [0.25, 0.3) is 0 Å². The molecule has 0 amide bonds. The van der Waals surface area contributed by atoms with Crippen LogP contribution >= 0.6 is 0 Å². The molecule has 1 aromatic rings. The summed E-state index contributed by atoms with van der Waals surface area (Å²) >= 11 is 0. The van der Waals surface area contributed by atoms with Crippen molar-refractivity contribution in [2.75, 3.05) is 6.54 Å².